The van der Waals surface area contributed by atoms with Crippen LogP contribution < -0.4 is 0 Å². The van der Waals surface area contributed by atoms with E-state index in [0.717, 1.165) is 10.0 Å². The maximum atomic E-state index is 8.87. The first-order valence-electron chi connectivity index (χ1n) is 4.58. The van der Waals surface area contributed by atoms with Crippen molar-refractivity contribution in [3.8, 4) is 11.4 Å². The molecule has 1 heterocycles. The molecule has 0 aliphatic carbocycles. The number of hydrogen-bond donors (Lipinski definition) is 1. The van der Waals surface area contributed by atoms with E-state index in [2.05, 4.69) is 25.9 Å². The Kier molecular flexibility index (Phi) is 3.53. The van der Waals surface area contributed by atoms with Gasteiger partial charge in [0.2, 0.25) is 0 Å². The predicted octanol–water partition coefficient (Wildman–Crippen LogP) is 3.05. The lowest BCUT2D eigenvalue weighted by Crippen LogP contribution is -1.92. The molecule has 0 unspecified atom stereocenters. The minimum atomic E-state index is -0.0510. The van der Waals surface area contributed by atoms with Crippen LogP contribution in [0.4, 0.5) is 0 Å². The Morgan fingerprint density at radius 1 is 1.25 bits per heavy atom. The molecule has 5 heteroatoms. The highest BCUT2D eigenvalue weighted by molar-refractivity contribution is 9.10. The Morgan fingerprint density at radius 3 is 2.50 bits per heavy atom. The zero-order valence-electron chi connectivity index (χ0n) is 8.19. The number of rotatable bonds is 2. The van der Waals surface area contributed by atoms with E-state index >= 15 is 0 Å². The lowest BCUT2D eigenvalue weighted by atomic mass is 10.2. The highest BCUT2D eigenvalue weighted by Crippen LogP contribution is 2.26. The summed E-state index contributed by atoms with van der Waals surface area (Å²) in [4.78, 5) is 8.31. The maximum absolute atomic E-state index is 8.87. The molecule has 2 rings (SSSR count). The van der Waals surface area contributed by atoms with Crippen molar-refractivity contribution >= 4 is 27.5 Å². The third kappa shape index (κ3) is 2.40. The quantitative estimate of drug-likeness (QED) is 0.927. The number of benzene rings is 1. The van der Waals surface area contributed by atoms with Crippen LogP contribution in [0.25, 0.3) is 11.4 Å². The van der Waals surface area contributed by atoms with Gasteiger partial charge >= 0.3 is 0 Å². The van der Waals surface area contributed by atoms with Gasteiger partial charge in [-0.2, -0.15) is 0 Å². The third-order valence-corrected chi connectivity index (χ3v) is 3.28. The summed E-state index contributed by atoms with van der Waals surface area (Å²) in [5, 5.41) is 9.52. The average Bonchev–Trinajstić information content (AvgIpc) is 2.33. The van der Waals surface area contributed by atoms with Crippen molar-refractivity contribution in [3.05, 3.63) is 45.7 Å². The van der Waals surface area contributed by atoms with Crippen molar-refractivity contribution in [3.63, 3.8) is 0 Å². The van der Waals surface area contributed by atoms with Gasteiger partial charge in [0.05, 0.1) is 11.6 Å². The van der Waals surface area contributed by atoms with Crippen LogP contribution in [0.5, 0.6) is 0 Å². The fraction of sp³-hybridized carbons (Fsp3) is 0.0909. The summed E-state index contributed by atoms with van der Waals surface area (Å²) in [6, 6.07) is 5.49. The monoisotopic (exact) mass is 298 g/mol. The second kappa shape index (κ2) is 4.91. The molecule has 82 valence electrons. The van der Waals surface area contributed by atoms with Gasteiger partial charge in [0, 0.05) is 28.0 Å². The van der Waals surface area contributed by atoms with E-state index in [0.29, 0.717) is 16.4 Å². The van der Waals surface area contributed by atoms with Crippen LogP contribution in [0.2, 0.25) is 5.02 Å². The van der Waals surface area contributed by atoms with Crippen LogP contribution in [0.3, 0.4) is 0 Å². The Labute approximate surface area is 106 Å². The zero-order valence-corrected chi connectivity index (χ0v) is 10.5. The van der Waals surface area contributed by atoms with Gasteiger partial charge in [-0.1, -0.05) is 11.6 Å². The van der Waals surface area contributed by atoms with E-state index in [4.69, 9.17) is 16.7 Å². The second-order valence-electron chi connectivity index (χ2n) is 3.20. The van der Waals surface area contributed by atoms with Crippen molar-refractivity contribution in [2.45, 2.75) is 6.61 Å². The molecule has 0 amide bonds. The summed E-state index contributed by atoms with van der Waals surface area (Å²) in [7, 11) is 0. The Balaban J connectivity index is 2.38. The van der Waals surface area contributed by atoms with Crippen molar-refractivity contribution in [2.75, 3.05) is 0 Å². The molecule has 0 aliphatic heterocycles. The van der Waals surface area contributed by atoms with Crippen molar-refractivity contribution in [2.24, 2.45) is 0 Å². The Bertz CT molecular complexity index is 502. The van der Waals surface area contributed by atoms with Gasteiger partial charge in [0.15, 0.2) is 5.82 Å². The molecule has 3 nitrogen and oxygen atoms in total. The number of aliphatic hydroxyl groups is 1. The van der Waals surface area contributed by atoms with Crippen LogP contribution in [0.15, 0.2) is 35.1 Å². The molecule has 2 aromatic rings. The number of aliphatic hydroxyl groups excluding tert-OH is 1. The highest BCUT2D eigenvalue weighted by Gasteiger charge is 2.04. The summed E-state index contributed by atoms with van der Waals surface area (Å²) in [5.41, 5.74) is 1.57. The van der Waals surface area contributed by atoms with E-state index in [1.54, 1.807) is 18.5 Å². The van der Waals surface area contributed by atoms with Gasteiger partial charge in [0.25, 0.3) is 0 Å². The molecule has 0 aliphatic rings. The zero-order chi connectivity index (χ0) is 11.5. The van der Waals surface area contributed by atoms with Crippen molar-refractivity contribution in [1.82, 2.24) is 9.97 Å². The number of nitrogens with zero attached hydrogens (tertiary/aromatic N) is 2. The molecule has 16 heavy (non-hydrogen) atoms. The van der Waals surface area contributed by atoms with Crippen molar-refractivity contribution in [1.29, 1.82) is 0 Å². The fourth-order valence-electron chi connectivity index (χ4n) is 1.22. The normalized spacial score (nSPS) is 10.4. The number of halogens is 2. The first kappa shape index (κ1) is 11.5. The number of aromatic nitrogens is 2. The summed E-state index contributed by atoms with van der Waals surface area (Å²) in [5.74, 6) is 0.606. The minimum absolute atomic E-state index is 0.0510. The maximum Gasteiger partial charge on any atom is 0.159 e. The van der Waals surface area contributed by atoms with Crippen LogP contribution in [-0.2, 0) is 6.61 Å². The standard InChI is InChI=1S/C11H8BrClN2O/c12-9-3-8(1-2-10(9)13)11-14-4-7(6-16)5-15-11/h1-5,16H,6H2. The lowest BCUT2D eigenvalue weighted by Gasteiger charge is -2.02. The molecule has 0 saturated carbocycles. The second-order valence-corrected chi connectivity index (χ2v) is 4.46. The molecule has 1 aromatic carbocycles. The topological polar surface area (TPSA) is 46.0 Å². The first-order chi connectivity index (χ1) is 7.70. The van der Waals surface area contributed by atoms with Crippen LogP contribution in [0.1, 0.15) is 5.56 Å². The van der Waals surface area contributed by atoms with Gasteiger partial charge in [-0.05, 0) is 34.1 Å². The summed E-state index contributed by atoms with van der Waals surface area (Å²) in [6.45, 7) is -0.0510. The highest BCUT2D eigenvalue weighted by atomic mass is 79.9. The van der Waals surface area contributed by atoms with E-state index in [-0.39, 0.29) is 6.61 Å². The molecular weight excluding hydrogens is 291 g/mol. The van der Waals surface area contributed by atoms with Gasteiger partial charge in [-0.3, -0.25) is 0 Å². The summed E-state index contributed by atoms with van der Waals surface area (Å²) < 4.78 is 0.807. The van der Waals surface area contributed by atoms with Gasteiger partial charge < -0.3 is 5.11 Å². The van der Waals surface area contributed by atoms with E-state index in [1.807, 2.05) is 12.1 Å². The van der Waals surface area contributed by atoms with Gasteiger partial charge in [0.1, 0.15) is 0 Å². The largest absolute Gasteiger partial charge is 0.392 e. The Morgan fingerprint density at radius 2 is 1.94 bits per heavy atom. The molecule has 0 spiro atoms. The van der Waals surface area contributed by atoms with Gasteiger partial charge in [-0.25, -0.2) is 9.97 Å². The minimum Gasteiger partial charge on any atom is -0.392 e. The van der Waals surface area contributed by atoms with Crippen molar-refractivity contribution < 1.29 is 5.11 Å². The molecule has 0 fully saturated rings. The molecule has 0 bridgehead atoms. The third-order valence-electron chi connectivity index (χ3n) is 2.07. The molecular formula is C11H8BrClN2O. The first-order valence-corrected chi connectivity index (χ1v) is 5.75. The molecule has 0 radical (unpaired) electrons. The molecule has 0 atom stereocenters. The fourth-order valence-corrected chi connectivity index (χ4v) is 1.72. The van der Waals surface area contributed by atoms with E-state index < -0.39 is 0 Å². The summed E-state index contributed by atoms with van der Waals surface area (Å²) in [6.07, 6.45) is 3.20. The SMILES string of the molecule is OCc1cnc(-c2ccc(Cl)c(Br)c2)nc1. The van der Waals surface area contributed by atoms with Crippen LogP contribution >= 0.6 is 27.5 Å². The lowest BCUT2D eigenvalue weighted by molar-refractivity contribution is 0.281. The van der Waals surface area contributed by atoms with E-state index in [1.165, 1.54) is 0 Å². The average molecular weight is 300 g/mol. The summed E-state index contributed by atoms with van der Waals surface area (Å²) >= 11 is 9.24. The molecule has 1 aromatic heterocycles. The number of hydrogen-bond acceptors (Lipinski definition) is 3. The van der Waals surface area contributed by atoms with Crippen LogP contribution in [-0.4, -0.2) is 15.1 Å². The smallest absolute Gasteiger partial charge is 0.159 e. The molecule has 0 saturated heterocycles. The van der Waals surface area contributed by atoms with Gasteiger partial charge in [-0.15, -0.1) is 0 Å². The van der Waals surface area contributed by atoms with E-state index in [9.17, 15) is 0 Å². The Hall–Kier alpha value is -0.970. The van der Waals surface area contributed by atoms with Crippen LogP contribution in [0, 0.1) is 0 Å². The predicted molar refractivity (Wildman–Crippen MR) is 66.1 cm³/mol. The molecule has 1 N–H and O–H groups in total.